The number of hydrogen-bond donors (Lipinski definition) is 1. The lowest BCUT2D eigenvalue weighted by atomic mass is 10.1. The second-order valence-corrected chi connectivity index (χ2v) is 25.0. The van der Waals surface area contributed by atoms with Crippen LogP contribution < -0.4 is 23.7 Å². The molecule has 1 N–H and O–H groups in total. The zero-order valence-corrected chi connectivity index (χ0v) is 51.3. The first-order chi connectivity index (χ1) is 42.3. The van der Waals surface area contributed by atoms with E-state index in [4.69, 9.17) is 59.2 Å². The molecule has 4 saturated heterocycles. The van der Waals surface area contributed by atoms with Crippen LogP contribution in [0.4, 0.5) is 0 Å². The summed E-state index contributed by atoms with van der Waals surface area (Å²) in [5.41, 5.74) is 5.84. The highest BCUT2D eigenvalue weighted by Gasteiger charge is 2.26. The number of nitrogens with zero attached hydrogens (tertiary/aromatic N) is 8. The summed E-state index contributed by atoms with van der Waals surface area (Å²) in [7, 11) is -3.33. The zero-order chi connectivity index (χ0) is 61.4. The number of phenolic OH excluding ortho intramolecular Hbond substituents is 1. The average Bonchev–Trinajstić information content (AvgIpc) is 3.50. The highest BCUT2D eigenvalue weighted by Crippen LogP contribution is 2.33. The van der Waals surface area contributed by atoms with Crippen molar-refractivity contribution in [3.8, 4) is 69.2 Å². The van der Waals surface area contributed by atoms with Crippen LogP contribution in [0.2, 0.25) is 0 Å². The summed E-state index contributed by atoms with van der Waals surface area (Å²) in [5.74, 6) is 4.54. The van der Waals surface area contributed by atoms with E-state index in [1.807, 2.05) is 60.7 Å². The fourth-order valence-electron chi connectivity index (χ4n) is 9.70. The number of halogens is 1. The Labute approximate surface area is 521 Å². The van der Waals surface area contributed by atoms with Gasteiger partial charge in [-0.15, -0.1) is 11.6 Å². The molecule has 4 aliphatic rings. The number of alkyl halides is 1. The SMILES string of the molecule is C.COc1cc(Cc2nccc(-c3ccc(OC4CCOCC4)c(C#N)c3)n2)ccc1O.COc1cc(Cc2nccc(-c3ccc(OC4CCOCC4)c(C#N)c3)n2)ccc1OCCCS(=O)(=O)N1CCOCC1.O=S(=O)(CCCCl)N1CCOCC1. The van der Waals surface area contributed by atoms with Crippen LogP contribution in [0.1, 0.15) is 79.9 Å². The molecule has 6 heterocycles. The number of morpholine rings is 2. The first-order valence-corrected chi connectivity index (χ1v) is 32.6. The van der Waals surface area contributed by atoms with E-state index in [0.717, 1.165) is 53.6 Å². The Hall–Kier alpha value is -7.23. The standard InChI is InChI=1S/C31H36N4O7S.C24H23N3O4.C7H14ClNO3S.CH4/c1-38-30-19-23(3-5-29(30)41-13-2-18-43(36,37)35-11-16-40-17-12-35)20-31-33-10-7-27(34-31)24-4-6-28(25(21-24)22-32)42-26-8-14-39-15-9-26;1-29-23-12-16(2-4-21(23)28)13-24-26-9-6-20(27-24)17-3-5-22(18(14-17)15-25)31-19-7-10-30-11-8-19;8-2-1-7-13(10,11)9-3-5-12-6-4-9;/h3-7,10,19,21,26H,2,8-9,11-18,20H2,1H3;2-6,9,12,14,19,28H,7-8,10-11,13H2,1H3;1-7H2;1H4. The number of nitriles is 2. The normalized spacial score (nSPS) is 16.0. The third-order valence-electron chi connectivity index (χ3n) is 14.4. The zero-order valence-electron chi connectivity index (χ0n) is 48.9. The quantitative estimate of drug-likeness (QED) is 0.0493. The van der Waals surface area contributed by atoms with E-state index in [-0.39, 0.29) is 43.5 Å². The van der Waals surface area contributed by atoms with Gasteiger partial charge in [0.2, 0.25) is 20.0 Å². The Kier molecular flexibility index (Phi) is 26.8. The Morgan fingerprint density at radius 3 is 1.45 bits per heavy atom. The van der Waals surface area contributed by atoms with E-state index in [1.165, 1.54) is 15.7 Å². The van der Waals surface area contributed by atoms with Crippen LogP contribution >= 0.6 is 11.6 Å². The van der Waals surface area contributed by atoms with Gasteiger partial charge in [-0.3, -0.25) is 0 Å². The van der Waals surface area contributed by atoms with Gasteiger partial charge < -0.3 is 47.7 Å². The lowest BCUT2D eigenvalue weighted by Gasteiger charge is -2.26. The van der Waals surface area contributed by atoms with E-state index >= 15 is 0 Å². The Morgan fingerprint density at radius 2 is 1.00 bits per heavy atom. The van der Waals surface area contributed by atoms with Gasteiger partial charge in [-0.1, -0.05) is 19.6 Å². The van der Waals surface area contributed by atoms with Gasteiger partial charge in [0.1, 0.15) is 47.5 Å². The molecule has 0 radical (unpaired) electrons. The molecule has 0 unspecified atom stereocenters. The molecule has 0 spiro atoms. The Balaban J connectivity index is 0.000000213. The van der Waals surface area contributed by atoms with Crippen molar-refractivity contribution in [2.24, 2.45) is 0 Å². The number of rotatable bonds is 22. The van der Waals surface area contributed by atoms with E-state index in [2.05, 4.69) is 27.1 Å². The largest absolute Gasteiger partial charge is 0.504 e. The molecule has 0 bridgehead atoms. The molecular weight excluding hydrogens is 1190 g/mol. The summed E-state index contributed by atoms with van der Waals surface area (Å²) in [6.07, 6.45) is 8.60. The summed E-state index contributed by atoms with van der Waals surface area (Å²) >= 11 is 5.44. The van der Waals surface area contributed by atoms with Crippen LogP contribution in [0.5, 0.6) is 34.5 Å². The van der Waals surface area contributed by atoms with Crippen molar-refractivity contribution >= 4 is 31.6 Å². The minimum absolute atomic E-state index is 0. The van der Waals surface area contributed by atoms with Crippen LogP contribution in [-0.4, -0.2) is 180 Å². The molecule has 0 aliphatic carbocycles. The lowest BCUT2D eigenvalue weighted by molar-refractivity contribution is 0.0252. The monoisotopic (exact) mass is 1270 g/mol. The van der Waals surface area contributed by atoms with Crippen molar-refractivity contribution in [3.63, 3.8) is 0 Å². The molecule has 4 aromatic carbocycles. The van der Waals surface area contributed by atoms with Crippen LogP contribution in [0.25, 0.3) is 22.5 Å². The molecule has 25 heteroatoms. The van der Waals surface area contributed by atoms with Gasteiger partial charge in [-0.25, -0.2) is 36.8 Å². The maximum Gasteiger partial charge on any atom is 0.214 e. The molecule has 0 amide bonds. The highest BCUT2D eigenvalue weighted by molar-refractivity contribution is 7.89. The summed E-state index contributed by atoms with van der Waals surface area (Å²) < 4.78 is 101. The summed E-state index contributed by atoms with van der Waals surface area (Å²) in [6, 6.07) is 29.9. The van der Waals surface area contributed by atoms with E-state index in [1.54, 1.807) is 43.8 Å². The first-order valence-electron chi connectivity index (χ1n) is 28.8. The van der Waals surface area contributed by atoms with Crippen molar-refractivity contribution in [3.05, 3.63) is 131 Å². The predicted molar refractivity (Wildman–Crippen MR) is 331 cm³/mol. The van der Waals surface area contributed by atoms with Crippen LogP contribution in [0, 0.1) is 22.7 Å². The van der Waals surface area contributed by atoms with Crippen LogP contribution in [0.3, 0.4) is 0 Å². The second-order valence-electron chi connectivity index (χ2n) is 20.5. The maximum atomic E-state index is 12.5. The summed E-state index contributed by atoms with van der Waals surface area (Å²) in [4.78, 5) is 18.2. The summed E-state index contributed by atoms with van der Waals surface area (Å²) in [5, 5.41) is 29.1. The van der Waals surface area contributed by atoms with Crippen molar-refractivity contribution in [2.45, 2.75) is 71.0 Å². The van der Waals surface area contributed by atoms with Gasteiger partial charge in [-0.2, -0.15) is 19.1 Å². The van der Waals surface area contributed by atoms with E-state index < -0.39 is 20.0 Å². The highest BCUT2D eigenvalue weighted by atomic mass is 35.5. The number of phenols is 1. The number of benzene rings is 4. The molecule has 472 valence electrons. The first kappa shape index (κ1) is 68.3. The van der Waals surface area contributed by atoms with Gasteiger partial charge in [-0.05, 0) is 96.8 Å². The molecule has 4 fully saturated rings. The molecule has 88 heavy (non-hydrogen) atoms. The van der Waals surface area contributed by atoms with Crippen molar-refractivity contribution in [1.29, 1.82) is 10.5 Å². The molecule has 0 atom stereocenters. The van der Waals surface area contributed by atoms with Crippen LogP contribution in [-0.2, 0) is 51.8 Å². The molecule has 4 aliphatic heterocycles. The van der Waals surface area contributed by atoms with Crippen LogP contribution in [0.15, 0.2) is 97.3 Å². The number of aromatic hydroxyl groups is 1. The third kappa shape index (κ3) is 20.1. The smallest absolute Gasteiger partial charge is 0.214 e. The van der Waals surface area contributed by atoms with E-state index in [9.17, 15) is 32.5 Å². The fourth-order valence-corrected chi connectivity index (χ4v) is 12.9. The minimum Gasteiger partial charge on any atom is -0.504 e. The predicted octanol–water partition coefficient (Wildman–Crippen LogP) is 8.39. The van der Waals surface area contributed by atoms with Gasteiger partial charge in [0.05, 0.1) is 108 Å². The second kappa shape index (κ2) is 34.5. The lowest BCUT2D eigenvalue weighted by Crippen LogP contribution is -2.42. The summed E-state index contributed by atoms with van der Waals surface area (Å²) in [6.45, 7) is 6.53. The minimum atomic E-state index is -3.33. The molecule has 6 aromatic rings. The van der Waals surface area contributed by atoms with Gasteiger partial charge in [0.25, 0.3) is 0 Å². The Morgan fingerprint density at radius 1 is 0.568 bits per heavy atom. The van der Waals surface area contributed by atoms with Crippen molar-refractivity contribution in [1.82, 2.24) is 28.5 Å². The van der Waals surface area contributed by atoms with E-state index in [0.29, 0.717) is 168 Å². The topological polar surface area (TPSA) is 277 Å². The molecule has 22 nitrogen and oxygen atoms in total. The van der Waals surface area contributed by atoms with Gasteiger partial charge >= 0.3 is 0 Å². The Bertz CT molecular complexity index is 3510. The molecule has 0 saturated carbocycles. The van der Waals surface area contributed by atoms with Gasteiger partial charge in [0.15, 0.2) is 23.0 Å². The number of methoxy groups -OCH3 is 2. The third-order valence-corrected chi connectivity index (χ3v) is 18.6. The number of ether oxygens (including phenoxy) is 9. The number of sulfonamides is 2. The maximum absolute atomic E-state index is 12.5. The fraction of sp³-hybridized carbons (Fsp3) is 0.460. The number of aromatic nitrogens is 4. The van der Waals surface area contributed by atoms with Gasteiger partial charge in [0, 0.05) is 94.1 Å². The van der Waals surface area contributed by atoms with Crippen molar-refractivity contribution < 1.29 is 64.6 Å². The molecular formula is C63H77ClN8O14S2. The molecule has 2 aromatic heterocycles. The average molecular weight is 1270 g/mol. The molecule has 10 rings (SSSR count). The number of hydrogen-bond acceptors (Lipinski definition) is 20. The van der Waals surface area contributed by atoms with Crippen molar-refractivity contribution in [2.75, 3.05) is 117 Å².